The van der Waals surface area contributed by atoms with Gasteiger partial charge in [0, 0.05) is 18.5 Å². The highest BCUT2D eigenvalue weighted by Gasteiger charge is 2.39. The van der Waals surface area contributed by atoms with E-state index in [1.54, 1.807) is 25.7 Å². The number of rotatable bonds is 11. The Kier molecular flexibility index (Phi) is 11.6. The van der Waals surface area contributed by atoms with Gasteiger partial charge >= 0.3 is 6.09 Å². The molecule has 0 spiro atoms. The molecule has 0 saturated carbocycles. The molecule has 7 heteroatoms. The first-order valence-electron chi connectivity index (χ1n) is 14.0. The van der Waals surface area contributed by atoms with E-state index in [0.29, 0.717) is 0 Å². The van der Waals surface area contributed by atoms with Crippen LogP contribution in [0.2, 0.25) is 0 Å². The Morgan fingerprint density at radius 1 is 0.897 bits per heavy atom. The van der Waals surface area contributed by atoms with Gasteiger partial charge in [-0.05, 0) is 84.1 Å². The third-order valence-corrected chi connectivity index (χ3v) is 6.53. The number of alkyl carbamates (subject to hydrolysis) is 1. The topological polar surface area (TPSA) is 87.7 Å². The molecule has 2 rings (SSSR count). The maximum Gasteiger partial charge on any atom is 0.408 e. The van der Waals surface area contributed by atoms with E-state index in [1.807, 2.05) is 83.1 Å². The van der Waals surface area contributed by atoms with Crippen LogP contribution in [0.3, 0.4) is 0 Å². The van der Waals surface area contributed by atoms with Gasteiger partial charge in [0.25, 0.3) is 0 Å². The maximum absolute atomic E-state index is 14.4. The van der Waals surface area contributed by atoms with Crippen LogP contribution in [-0.2, 0) is 20.7 Å². The van der Waals surface area contributed by atoms with Gasteiger partial charge in [-0.1, -0.05) is 61.9 Å². The third kappa shape index (κ3) is 9.41. The van der Waals surface area contributed by atoms with E-state index in [0.717, 1.165) is 35.1 Å². The average molecular weight is 538 g/mol. The van der Waals surface area contributed by atoms with E-state index >= 15 is 0 Å². The lowest BCUT2D eigenvalue weighted by Crippen LogP contribution is -2.56. The van der Waals surface area contributed by atoms with E-state index in [4.69, 9.17) is 4.74 Å². The van der Waals surface area contributed by atoms with E-state index in [1.165, 1.54) is 0 Å². The normalized spacial score (nSPS) is 13.8. The molecule has 0 aliphatic heterocycles. The summed E-state index contributed by atoms with van der Waals surface area (Å²) in [6, 6.07) is 13.2. The number of carbonyl (C=O) groups excluding carboxylic acids is 3. The van der Waals surface area contributed by atoms with Crippen molar-refractivity contribution >= 4 is 17.9 Å². The summed E-state index contributed by atoms with van der Waals surface area (Å²) < 4.78 is 5.51. The summed E-state index contributed by atoms with van der Waals surface area (Å²) in [5.74, 6) is -0.572. The number of amides is 3. The number of ether oxygens (including phenoxy) is 1. The van der Waals surface area contributed by atoms with Crippen LogP contribution in [-0.4, -0.2) is 46.5 Å². The van der Waals surface area contributed by atoms with Crippen LogP contribution in [0.15, 0.2) is 48.5 Å². The van der Waals surface area contributed by atoms with Gasteiger partial charge < -0.3 is 20.3 Å². The van der Waals surface area contributed by atoms with Crippen LogP contribution in [0.5, 0.6) is 0 Å². The molecule has 2 aromatic carbocycles. The molecule has 0 aliphatic carbocycles. The lowest BCUT2D eigenvalue weighted by atomic mass is 9.92. The highest BCUT2D eigenvalue weighted by Crippen LogP contribution is 2.30. The first-order chi connectivity index (χ1) is 18.2. The summed E-state index contributed by atoms with van der Waals surface area (Å²) in [5.41, 5.74) is 2.82. The summed E-state index contributed by atoms with van der Waals surface area (Å²) in [5, 5.41) is 5.95. The smallest absolute Gasteiger partial charge is 0.408 e. The second-order valence-electron chi connectivity index (χ2n) is 11.6. The number of carbonyl (C=O) groups is 3. The number of benzene rings is 2. The Labute approximate surface area is 234 Å². The van der Waals surface area contributed by atoms with Gasteiger partial charge in [0.1, 0.15) is 17.7 Å². The highest BCUT2D eigenvalue weighted by molar-refractivity contribution is 5.93. The number of nitrogens with one attached hydrogen (secondary N) is 2. The standard InChI is InChI=1S/C32H47N3O4/c1-10-15-24(6)33-29(36)28(27-22(4)16-14-17-23(27)5)35(21(2)3)30(37)26(20-25-18-12-11-13-19-25)34-31(38)39-32(7,8)9/h11-14,16-19,21,24,26,28H,10,15,20H2,1-9H3,(H,33,36)(H,34,38). The zero-order chi connectivity index (χ0) is 29.3. The van der Waals surface area contributed by atoms with E-state index in [-0.39, 0.29) is 30.3 Å². The van der Waals surface area contributed by atoms with Gasteiger partial charge in [0.05, 0.1) is 0 Å². The lowest BCUT2D eigenvalue weighted by molar-refractivity contribution is -0.144. The fourth-order valence-corrected chi connectivity index (χ4v) is 4.84. The van der Waals surface area contributed by atoms with Crippen molar-refractivity contribution in [2.75, 3.05) is 0 Å². The van der Waals surface area contributed by atoms with Crippen molar-refractivity contribution in [3.63, 3.8) is 0 Å². The molecular formula is C32H47N3O4. The fourth-order valence-electron chi connectivity index (χ4n) is 4.84. The molecule has 39 heavy (non-hydrogen) atoms. The van der Waals surface area contributed by atoms with E-state index in [9.17, 15) is 14.4 Å². The van der Waals surface area contributed by atoms with Gasteiger partial charge in [0.15, 0.2) is 0 Å². The van der Waals surface area contributed by atoms with Crippen molar-refractivity contribution in [1.82, 2.24) is 15.5 Å². The second-order valence-corrected chi connectivity index (χ2v) is 11.6. The van der Waals surface area contributed by atoms with Crippen LogP contribution in [0.1, 0.15) is 89.6 Å². The molecule has 2 aromatic rings. The summed E-state index contributed by atoms with van der Waals surface area (Å²) in [6.45, 7) is 17.1. The molecule has 2 N–H and O–H groups in total. The first kappa shape index (κ1) is 31.9. The molecule has 0 aromatic heterocycles. The minimum Gasteiger partial charge on any atom is -0.444 e. The average Bonchev–Trinajstić information content (AvgIpc) is 2.82. The molecule has 214 valence electrons. The number of hydrogen-bond acceptors (Lipinski definition) is 4. The molecule has 0 aliphatic rings. The molecule has 3 unspecified atom stereocenters. The quantitative estimate of drug-likeness (QED) is 0.367. The number of hydrogen-bond donors (Lipinski definition) is 2. The van der Waals surface area contributed by atoms with Crippen LogP contribution >= 0.6 is 0 Å². The van der Waals surface area contributed by atoms with Gasteiger partial charge in [-0.25, -0.2) is 4.79 Å². The van der Waals surface area contributed by atoms with Crippen LogP contribution in [0.25, 0.3) is 0 Å². The molecule has 0 saturated heterocycles. The Morgan fingerprint density at radius 2 is 1.49 bits per heavy atom. The lowest BCUT2D eigenvalue weighted by Gasteiger charge is -2.38. The zero-order valence-electron chi connectivity index (χ0n) is 25.1. The van der Waals surface area contributed by atoms with E-state index < -0.39 is 23.8 Å². The molecule has 0 heterocycles. The molecule has 0 bridgehead atoms. The minimum atomic E-state index is -0.933. The SMILES string of the molecule is CCCC(C)NC(=O)C(c1c(C)cccc1C)N(C(=O)C(Cc1ccccc1)NC(=O)OC(C)(C)C)C(C)C. The minimum absolute atomic E-state index is 0.0431. The molecular weight excluding hydrogens is 490 g/mol. The monoisotopic (exact) mass is 537 g/mol. The summed E-state index contributed by atoms with van der Waals surface area (Å²) in [4.78, 5) is 42.9. The van der Waals surface area contributed by atoms with Crippen LogP contribution in [0.4, 0.5) is 4.79 Å². The Hall–Kier alpha value is -3.35. The first-order valence-corrected chi connectivity index (χ1v) is 14.0. The summed E-state index contributed by atoms with van der Waals surface area (Å²) >= 11 is 0. The maximum atomic E-state index is 14.4. The van der Waals surface area contributed by atoms with Crippen LogP contribution < -0.4 is 10.6 Å². The highest BCUT2D eigenvalue weighted by atomic mass is 16.6. The second kappa shape index (κ2) is 14.2. The molecule has 0 radical (unpaired) electrons. The molecule has 3 amide bonds. The van der Waals surface area contributed by atoms with Crippen molar-refractivity contribution in [2.45, 2.75) is 111 Å². The Bertz CT molecular complexity index is 1090. The molecule has 3 atom stereocenters. The van der Waals surface area contributed by atoms with Crippen molar-refractivity contribution in [1.29, 1.82) is 0 Å². The number of aryl methyl sites for hydroxylation is 2. The predicted octanol–water partition coefficient (Wildman–Crippen LogP) is 6.02. The van der Waals surface area contributed by atoms with E-state index in [2.05, 4.69) is 17.6 Å². The fraction of sp³-hybridized carbons (Fsp3) is 0.531. The van der Waals surface area contributed by atoms with Crippen LogP contribution in [0, 0.1) is 13.8 Å². The predicted molar refractivity (Wildman–Crippen MR) is 156 cm³/mol. The Balaban J connectivity index is 2.60. The van der Waals surface area contributed by atoms with Gasteiger partial charge in [0.2, 0.25) is 11.8 Å². The molecule has 7 nitrogen and oxygen atoms in total. The zero-order valence-corrected chi connectivity index (χ0v) is 25.1. The van der Waals surface area contributed by atoms with Gasteiger partial charge in [-0.15, -0.1) is 0 Å². The summed E-state index contributed by atoms with van der Waals surface area (Å²) in [7, 11) is 0. The van der Waals surface area contributed by atoms with Crippen molar-refractivity contribution in [3.8, 4) is 0 Å². The van der Waals surface area contributed by atoms with Crippen molar-refractivity contribution in [2.24, 2.45) is 0 Å². The van der Waals surface area contributed by atoms with Crippen molar-refractivity contribution in [3.05, 3.63) is 70.8 Å². The third-order valence-electron chi connectivity index (χ3n) is 6.53. The Morgan fingerprint density at radius 3 is 2.00 bits per heavy atom. The van der Waals surface area contributed by atoms with Gasteiger partial charge in [-0.2, -0.15) is 0 Å². The van der Waals surface area contributed by atoms with Crippen molar-refractivity contribution < 1.29 is 19.1 Å². The number of nitrogens with zero attached hydrogens (tertiary/aromatic N) is 1. The van der Waals surface area contributed by atoms with Gasteiger partial charge in [-0.3, -0.25) is 9.59 Å². The summed E-state index contributed by atoms with van der Waals surface area (Å²) in [6.07, 6.45) is 1.35. The molecule has 0 fully saturated rings. The largest absolute Gasteiger partial charge is 0.444 e.